The minimum atomic E-state index is -0.420. The van der Waals surface area contributed by atoms with Crippen LogP contribution in [0.3, 0.4) is 0 Å². The molecule has 5 nitrogen and oxygen atoms in total. The second-order valence-corrected chi connectivity index (χ2v) is 6.48. The fourth-order valence-electron chi connectivity index (χ4n) is 2.64. The number of ether oxygens (including phenoxy) is 1. The Kier molecular flexibility index (Phi) is 7.48. The van der Waals surface area contributed by atoms with Crippen LogP contribution in [-0.4, -0.2) is 17.8 Å². The van der Waals surface area contributed by atoms with E-state index >= 15 is 0 Å². The van der Waals surface area contributed by atoms with E-state index in [1.807, 2.05) is 0 Å². The molecule has 1 aliphatic rings. The van der Waals surface area contributed by atoms with Crippen molar-refractivity contribution < 1.29 is 24.2 Å². The van der Waals surface area contributed by atoms with Gasteiger partial charge in [-0.25, -0.2) is 10.1 Å². The standard InChI is InChI=1S/C15H19ClO5S/c16-14-10-12(22-21-20-18)6-7-13(14)15(17)19-9-8-11-4-2-1-3-5-11/h6-7,10-11,18H,1-5,8-9H2. The average molecular weight is 347 g/mol. The summed E-state index contributed by atoms with van der Waals surface area (Å²) in [5, 5.41) is 11.9. The van der Waals surface area contributed by atoms with Crippen LogP contribution in [0.2, 0.25) is 5.02 Å². The summed E-state index contributed by atoms with van der Waals surface area (Å²) in [6, 6.07) is 4.74. The van der Waals surface area contributed by atoms with E-state index in [1.54, 1.807) is 18.2 Å². The molecule has 0 spiro atoms. The first-order chi connectivity index (χ1) is 10.7. The molecule has 2 rings (SSSR count). The number of benzene rings is 1. The Bertz CT molecular complexity index is 491. The molecule has 0 aliphatic heterocycles. The highest BCUT2D eigenvalue weighted by Gasteiger charge is 2.16. The second-order valence-electron chi connectivity index (χ2n) is 5.30. The van der Waals surface area contributed by atoms with Gasteiger partial charge in [-0.1, -0.05) is 48.7 Å². The van der Waals surface area contributed by atoms with Gasteiger partial charge in [-0.2, -0.15) is 0 Å². The third-order valence-corrected chi connectivity index (χ3v) is 4.69. The maximum atomic E-state index is 12.0. The van der Waals surface area contributed by atoms with Gasteiger partial charge in [0.2, 0.25) is 0 Å². The number of rotatable bonds is 7. The van der Waals surface area contributed by atoms with Gasteiger partial charge in [-0.15, -0.1) is 4.33 Å². The highest BCUT2D eigenvalue weighted by molar-refractivity contribution is 7.94. The van der Waals surface area contributed by atoms with Gasteiger partial charge < -0.3 is 4.74 Å². The van der Waals surface area contributed by atoms with E-state index in [9.17, 15) is 4.79 Å². The molecule has 122 valence electrons. The summed E-state index contributed by atoms with van der Waals surface area (Å²) in [5.41, 5.74) is 0.319. The summed E-state index contributed by atoms with van der Waals surface area (Å²) in [6.07, 6.45) is 7.26. The van der Waals surface area contributed by atoms with Gasteiger partial charge in [-0.05, 0) is 30.5 Å². The number of halogens is 1. The molecule has 1 aromatic rings. The number of carbonyl (C=O) groups is 1. The first-order valence-corrected chi connectivity index (χ1v) is 8.44. The first kappa shape index (κ1) is 17.6. The van der Waals surface area contributed by atoms with Gasteiger partial charge in [0.05, 0.1) is 29.2 Å². The lowest BCUT2D eigenvalue weighted by atomic mass is 9.87. The molecule has 0 heterocycles. The molecular weight excluding hydrogens is 328 g/mol. The van der Waals surface area contributed by atoms with Crippen molar-refractivity contribution in [1.29, 1.82) is 0 Å². The van der Waals surface area contributed by atoms with Crippen LogP contribution in [0.25, 0.3) is 0 Å². The number of hydrogen-bond acceptors (Lipinski definition) is 6. The lowest BCUT2D eigenvalue weighted by Gasteiger charge is -2.21. The smallest absolute Gasteiger partial charge is 0.339 e. The summed E-state index contributed by atoms with van der Waals surface area (Å²) >= 11 is 6.84. The minimum absolute atomic E-state index is 0.272. The van der Waals surface area contributed by atoms with Crippen LogP contribution in [-0.2, 0) is 14.1 Å². The van der Waals surface area contributed by atoms with Crippen LogP contribution in [0.1, 0.15) is 48.9 Å². The third kappa shape index (κ3) is 5.44. The predicted octanol–water partition coefficient (Wildman–Crippen LogP) is 4.90. The van der Waals surface area contributed by atoms with E-state index in [-0.39, 0.29) is 5.02 Å². The van der Waals surface area contributed by atoms with Crippen LogP contribution >= 0.6 is 23.6 Å². The van der Waals surface area contributed by atoms with Gasteiger partial charge in [0, 0.05) is 4.90 Å². The molecule has 22 heavy (non-hydrogen) atoms. The third-order valence-electron chi connectivity index (χ3n) is 3.81. The van der Waals surface area contributed by atoms with Crippen LogP contribution in [0, 0.1) is 5.92 Å². The fraction of sp³-hybridized carbons (Fsp3) is 0.533. The molecule has 1 saturated carbocycles. The van der Waals surface area contributed by atoms with E-state index in [0.29, 0.717) is 23.0 Å². The number of hydrogen-bond donors (Lipinski definition) is 1. The highest BCUT2D eigenvalue weighted by atomic mass is 35.5. The van der Waals surface area contributed by atoms with E-state index in [2.05, 4.69) is 9.37 Å². The monoisotopic (exact) mass is 346 g/mol. The summed E-state index contributed by atoms with van der Waals surface area (Å²) in [5.74, 6) is 0.253. The van der Waals surface area contributed by atoms with Crippen molar-refractivity contribution in [3.05, 3.63) is 28.8 Å². The van der Waals surface area contributed by atoms with Crippen LogP contribution in [0.15, 0.2) is 23.1 Å². The van der Waals surface area contributed by atoms with Gasteiger partial charge in [0.25, 0.3) is 0 Å². The normalized spacial score (nSPS) is 15.7. The first-order valence-electron chi connectivity index (χ1n) is 7.32. The summed E-state index contributed by atoms with van der Waals surface area (Å²) < 4.78 is 9.61. The Morgan fingerprint density at radius 2 is 2.09 bits per heavy atom. The summed E-state index contributed by atoms with van der Waals surface area (Å²) in [7, 11) is 0. The van der Waals surface area contributed by atoms with Crippen LogP contribution in [0.4, 0.5) is 0 Å². The van der Waals surface area contributed by atoms with Gasteiger partial charge >= 0.3 is 5.97 Å². The minimum Gasteiger partial charge on any atom is -0.462 e. The molecule has 1 fully saturated rings. The SMILES string of the molecule is O=C(OCCC1CCCCC1)c1ccc(SOOO)cc1Cl. The predicted molar refractivity (Wildman–Crippen MR) is 83.6 cm³/mol. The molecule has 0 bridgehead atoms. The van der Waals surface area contributed by atoms with Crippen molar-refractivity contribution in [2.75, 3.05) is 6.61 Å². The van der Waals surface area contributed by atoms with Crippen molar-refractivity contribution >= 4 is 29.6 Å². The largest absolute Gasteiger partial charge is 0.462 e. The van der Waals surface area contributed by atoms with Crippen LogP contribution < -0.4 is 0 Å². The second kappa shape index (κ2) is 9.37. The lowest BCUT2D eigenvalue weighted by Crippen LogP contribution is -2.13. The lowest BCUT2D eigenvalue weighted by molar-refractivity contribution is -0.432. The van der Waals surface area contributed by atoms with Gasteiger partial charge in [0.15, 0.2) is 0 Å². The van der Waals surface area contributed by atoms with E-state index in [1.165, 1.54) is 32.1 Å². The van der Waals surface area contributed by atoms with Crippen molar-refractivity contribution in [3.8, 4) is 0 Å². The summed E-state index contributed by atoms with van der Waals surface area (Å²) in [4.78, 5) is 12.6. The van der Waals surface area contributed by atoms with Gasteiger partial charge in [-0.3, -0.25) is 0 Å². The molecular formula is C15H19ClO5S. The number of carbonyl (C=O) groups excluding carboxylic acids is 1. The average Bonchev–Trinajstić information content (AvgIpc) is 2.54. The molecule has 0 aromatic heterocycles. The van der Waals surface area contributed by atoms with E-state index in [4.69, 9.17) is 21.6 Å². The molecule has 1 aliphatic carbocycles. The van der Waals surface area contributed by atoms with E-state index in [0.717, 1.165) is 18.5 Å². The van der Waals surface area contributed by atoms with E-state index < -0.39 is 5.97 Å². The zero-order valence-corrected chi connectivity index (χ0v) is 13.7. The Hall–Kier alpha value is -0.790. The quantitative estimate of drug-likeness (QED) is 0.328. The molecule has 7 heteroatoms. The maximum absolute atomic E-state index is 12.0. The van der Waals surface area contributed by atoms with Crippen molar-refractivity contribution in [3.63, 3.8) is 0 Å². The maximum Gasteiger partial charge on any atom is 0.339 e. The van der Waals surface area contributed by atoms with Crippen molar-refractivity contribution in [1.82, 2.24) is 0 Å². The van der Waals surface area contributed by atoms with Crippen molar-refractivity contribution in [2.24, 2.45) is 5.92 Å². The fourth-order valence-corrected chi connectivity index (χ4v) is 3.36. The number of esters is 1. The Balaban J connectivity index is 1.81. The highest BCUT2D eigenvalue weighted by Crippen LogP contribution is 2.28. The van der Waals surface area contributed by atoms with Crippen LogP contribution in [0.5, 0.6) is 0 Å². The van der Waals surface area contributed by atoms with Crippen molar-refractivity contribution in [2.45, 2.75) is 43.4 Å². The Labute approximate surface area is 139 Å². The molecule has 0 radical (unpaired) electrons. The molecule has 1 N–H and O–H groups in total. The molecule has 0 amide bonds. The molecule has 0 atom stereocenters. The van der Waals surface area contributed by atoms with Gasteiger partial charge in [0.1, 0.15) is 0 Å². The zero-order valence-electron chi connectivity index (χ0n) is 12.1. The molecule has 0 saturated heterocycles. The Morgan fingerprint density at radius 3 is 2.77 bits per heavy atom. The molecule has 1 aromatic carbocycles. The summed E-state index contributed by atoms with van der Waals surface area (Å²) in [6.45, 7) is 0.428. The topological polar surface area (TPSA) is 65.0 Å². The molecule has 0 unspecified atom stereocenters. The zero-order chi connectivity index (χ0) is 15.8. The Morgan fingerprint density at radius 1 is 1.32 bits per heavy atom.